The molecule has 3 heterocycles. The van der Waals surface area contributed by atoms with E-state index in [1.807, 2.05) is 23.9 Å². The molecule has 0 atom stereocenters. The highest BCUT2D eigenvalue weighted by Gasteiger charge is 2.20. The predicted octanol–water partition coefficient (Wildman–Crippen LogP) is 1.47. The summed E-state index contributed by atoms with van der Waals surface area (Å²) >= 11 is 0. The summed E-state index contributed by atoms with van der Waals surface area (Å²) in [4.78, 5) is 20.5. The van der Waals surface area contributed by atoms with E-state index in [-0.39, 0.29) is 5.78 Å². The Bertz CT molecular complexity index is 943. The van der Waals surface area contributed by atoms with Crippen molar-refractivity contribution in [3.05, 3.63) is 53.9 Å². The fourth-order valence-corrected chi connectivity index (χ4v) is 3.58. The molecule has 7 nitrogen and oxygen atoms in total. The second-order valence-corrected chi connectivity index (χ2v) is 6.84. The Kier molecular flexibility index (Phi) is 4.87. The molecule has 7 heteroatoms. The van der Waals surface area contributed by atoms with Gasteiger partial charge in [-0.15, -0.1) is 0 Å². The zero-order valence-electron chi connectivity index (χ0n) is 15.4. The smallest absolute Gasteiger partial charge is 0.189 e. The van der Waals surface area contributed by atoms with Crippen molar-refractivity contribution in [2.75, 3.05) is 37.7 Å². The summed E-state index contributed by atoms with van der Waals surface area (Å²) in [5, 5.41) is 14.8. The number of aromatic nitrogens is 3. The van der Waals surface area contributed by atoms with E-state index in [1.54, 1.807) is 12.3 Å². The number of pyridine rings is 1. The number of anilines is 1. The van der Waals surface area contributed by atoms with Crippen LogP contribution in [0.3, 0.4) is 0 Å². The van der Waals surface area contributed by atoms with E-state index in [1.165, 1.54) is 5.39 Å². The summed E-state index contributed by atoms with van der Waals surface area (Å²) in [6.07, 6.45) is 1.54. The van der Waals surface area contributed by atoms with E-state index in [0.717, 1.165) is 49.8 Å². The van der Waals surface area contributed by atoms with Crippen LogP contribution >= 0.6 is 0 Å². The van der Waals surface area contributed by atoms with E-state index >= 15 is 0 Å². The lowest BCUT2D eigenvalue weighted by molar-refractivity contribution is 0.0903. The fourth-order valence-electron chi connectivity index (χ4n) is 3.58. The number of rotatable bonds is 5. The number of carbonyl (C=O) groups is 1. The number of ketones is 1. The molecule has 1 fully saturated rings. The van der Waals surface area contributed by atoms with Gasteiger partial charge in [-0.1, -0.05) is 18.2 Å². The number of aliphatic hydroxyl groups excluding tert-OH is 1. The van der Waals surface area contributed by atoms with Gasteiger partial charge in [0.25, 0.3) is 0 Å². The molecule has 1 aliphatic rings. The highest BCUT2D eigenvalue weighted by molar-refractivity contribution is 5.96. The third-order valence-corrected chi connectivity index (χ3v) is 5.12. The molecule has 2 aromatic heterocycles. The van der Waals surface area contributed by atoms with Gasteiger partial charge in [0.1, 0.15) is 12.4 Å². The van der Waals surface area contributed by atoms with E-state index in [9.17, 15) is 4.79 Å². The number of hydrogen-bond donors (Lipinski definition) is 1. The van der Waals surface area contributed by atoms with Crippen LogP contribution in [0.5, 0.6) is 0 Å². The first-order chi connectivity index (χ1) is 13.2. The van der Waals surface area contributed by atoms with Gasteiger partial charge in [-0.25, -0.2) is 4.98 Å². The number of fused-ring (bicyclic) bond motifs is 1. The van der Waals surface area contributed by atoms with Gasteiger partial charge in [-0.05, 0) is 18.2 Å². The molecule has 0 bridgehead atoms. The van der Waals surface area contributed by atoms with Crippen molar-refractivity contribution in [2.24, 2.45) is 7.05 Å². The van der Waals surface area contributed by atoms with Crippen molar-refractivity contribution >= 4 is 22.5 Å². The minimum atomic E-state index is -0.484. The topological polar surface area (TPSA) is 74.5 Å². The van der Waals surface area contributed by atoms with Gasteiger partial charge in [0.2, 0.25) is 0 Å². The second-order valence-electron chi connectivity index (χ2n) is 6.84. The molecule has 0 radical (unpaired) electrons. The molecule has 1 aliphatic heterocycles. The maximum atomic E-state index is 11.5. The van der Waals surface area contributed by atoms with Gasteiger partial charge in [0.05, 0.1) is 11.2 Å². The normalized spacial score (nSPS) is 15.4. The first kappa shape index (κ1) is 17.6. The lowest BCUT2D eigenvalue weighted by atomic mass is 10.2. The molecule has 0 saturated carbocycles. The fraction of sp³-hybridized carbons (Fsp3) is 0.350. The summed E-state index contributed by atoms with van der Waals surface area (Å²) in [7, 11) is 1.99. The quantitative estimate of drug-likeness (QED) is 0.690. The maximum absolute atomic E-state index is 11.5. The van der Waals surface area contributed by atoms with Gasteiger partial charge in [0, 0.05) is 56.9 Å². The molecule has 3 aromatic rings. The second kappa shape index (κ2) is 7.46. The molecule has 1 N–H and O–H groups in total. The first-order valence-electron chi connectivity index (χ1n) is 9.14. The first-order valence-corrected chi connectivity index (χ1v) is 9.14. The minimum absolute atomic E-state index is 0.304. The highest BCUT2D eigenvalue weighted by atomic mass is 16.3. The number of Topliss-reactive ketones (excluding diaryl/α,β-unsaturated/α-hetero) is 1. The monoisotopic (exact) mass is 365 g/mol. The van der Waals surface area contributed by atoms with Crippen LogP contribution < -0.4 is 4.90 Å². The van der Waals surface area contributed by atoms with Crippen LogP contribution in [-0.4, -0.2) is 63.3 Å². The Hall–Kier alpha value is -2.77. The van der Waals surface area contributed by atoms with Crippen molar-refractivity contribution in [3.63, 3.8) is 0 Å². The van der Waals surface area contributed by atoms with Gasteiger partial charge in [-0.2, -0.15) is 5.10 Å². The average molecular weight is 365 g/mol. The molecular formula is C20H23N5O2. The van der Waals surface area contributed by atoms with E-state index in [4.69, 9.17) is 10.2 Å². The highest BCUT2D eigenvalue weighted by Crippen LogP contribution is 2.20. The zero-order valence-corrected chi connectivity index (χ0v) is 15.4. The van der Waals surface area contributed by atoms with E-state index in [2.05, 4.69) is 33.0 Å². The third-order valence-electron chi connectivity index (χ3n) is 5.12. The van der Waals surface area contributed by atoms with Gasteiger partial charge >= 0.3 is 0 Å². The third kappa shape index (κ3) is 3.56. The van der Waals surface area contributed by atoms with Crippen LogP contribution in [0.25, 0.3) is 10.9 Å². The number of nitrogens with zero attached hydrogens (tertiary/aromatic N) is 5. The molecule has 4 rings (SSSR count). The number of hydrogen-bond acceptors (Lipinski definition) is 6. The number of para-hydroxylation sites is 1. The van der Waals surface area contributed by atoms with Crippen molar-refractivity contribution in [1.82, 2.24) is 19.7 Å². The maximum Gasteiger partial charge on any atom is 0.189 e. The molecule has 0 unspecified atom stereocenters. The number of aryl methyl sites for hydroxylation is 1. The van der Waals surface area contributed by atoms with Crippen LogP contribution in [0.2, 0.25) is 0 Å². The molecule has 0 aliphatic carbocycles. The van der Waals surface area contributed by atoms with E-state index in [0.29, 0.717) is 5.56 Å². The Balaban J connectivity index is 1.39. The van der Waals surface area contributed by atoms with Crippen molar-refractivity contribution in [1.29, 1.82) is 0 Å². The number of benzene rings is 1. The molecular weight excluding hydrogens is 342 g/mol. The average Bonchev–Trinajstić information content (AvgIpc) is 3.04. The molecule has 0 spiro atoms. The standard InChI is InChI=1S/C20H23N5O2/c1-23-18-5-3-2-4-16(18)17(22-23)13-24-8-10-25(11-9-24)20-7-6-15(12-21-20)19(27)14-26/h2-7,12,26H,8-11,13-14H2,1H3. The Morgan fingerprint density at radius 1 is 1.11 bits per heavy atom. The largest absolute Gasteiger partial charge is 0.388 e. The molecule has 140 valence electrons. The molecule has 1 saturated heterocycles. The summed E-state index contributed by atoms with van der Waals surface area (Å²) in [5.74, 6) is 0.564. The van der Waals surface area contributed by atoms with Crippen LogP contribution in [0.1, 0.15) is 16.1 Å². The van der Waals surface area contributed by atoms with Crippen LogP contribution in [0.4, 0.5) is 5.82 Å². The van der Waals surface area contributed by atoms with Crippen molar-refractivity contribution < 1.29 is 9.90 Å². The van der Waals surface area contributed by atoms with Crippen LogP contribution in [0.15, 0.2) is 42.6 Å². The summed E-state index contributed by atoms with van der Waals surface area (Å²) in [5.41, 5.74) is 2.72. The van der Waals surface area contributed by atoms with Crippen LogP contribution in [-0.2, 0) is 13.6 Å². The number of carbonyl (C=O) groups excluding carboxylic acids is 1. The van der Waals surface area contributed by atoms with E-state index < -0.39 is 6.61 Å². The van der Waals surface area contributed by atoms with Crippen molar-refractivity contribution in [3.8, 4) is 0 Å². The van der Waals surface area contributed by atoms with Gasteiger partial charge in [-0.3, -0.25) is 14.4 Å². The molecule has 0 amide bonds. The van der Waals surface area contributed by atoms with Crippen molar-refractivity contribution in [2.45, 2.75) is 6.54 Å². The minimum Gasteiger partial charge on any atom is -0.388 e. The SMILES string of the molecule is Cn1nc(CN2CCN(c3ccc(C(=O)CO)cn3)CC2)c2ccccc21. The van der Waals surface area contributed by atoms with Gasteiger partial charge < -0.3 is 10.0 Å². The van der Waals surface area contributed by atoms with Gasteiger partial charge in [0.15, 0.2) is 5.78 Å². The Morgan fingerprint density at radius 3 is 2.59 bits per heavy atom. The Morgan fingerprint density at radius 2 is 1.89 bits per heavy atom. The lowest BCUT2D eigenvalue weighted by Crippen LogP contribution is -2.46. The summed E-state index contributed by atoms with van der Waals surface area (Å²) in [6, 6.07) is 11.9. The molecule has 27 heavy (non-hydrogen) atoms. The lowest BCUT2D eigenvalue weighted by Gasteiger charge is -2.35. The molecule has 1 aromatic carbocycles. The number of piperazine rings is 1. The van der Waals surface area contributed by atoms with Crippen LogP contribution in [0, 0.1) is 0 Å². The zero-order chi connectivity index (χ0) is 18.8. The Labute approximate surface area is 157 Å². The number of aliphatic hydroxyl groups is 1. The summed E-state index contributed by atoms with van der Waals surface area (Å²) < 4.78 is 1.94. The predicted molar refractivity (Wildman–Crippen MR) is 104 cm³/mol. The summed E-state index contributed by atoms with van der Waals surface area (Å²) in [6.45, 7) is 3.98.